The Labute approximate surface area is 107 Å². The third-order valence-electron chi connectivity index (χ3n) is 2.92. The van der Waals surface area contributed by atoms with Crippen molar-refractivity contribution in [2.75, 3.05) is 12.0 Å². The minimum absolute atomic E-state index is 0.492. The molecule has 1 nitrogen and oxygen atoms in total. The van der Waals surface area contributed by atoms with Crippen LogP contribution in [0.1, 0.15) is 23.5 Å². The molecule has 1 unspecified atom stereocenters. The van der Waals surface area contributed by atoms with Gasteiger partial charge in [0.05, 0.1) is 0 Å². The quantitative estimate of drug-likeness (QED) is 0.788. The number of aromatic nitrogens is 1. The van der Waals surface area contributed by atoms with Crippen LogP contribution in [0.4, 0.5) is 0 Å². The first-order chi connectivity index (χ1) is 8.42. The molecule has 2 heteroatoms. The minimum Gasteiger partial charge on any atom is -0.265 e. The summed E-state index contributed by atoms with van der Waals surface area (Å²) in [6.45, 7) is 0. The average Bonchev–Trinajstić information content (AvgIpc) is 2.42. The van der Waals surface area contributed by atoms with Crippen LogP contribution in [0.15, 0.2) is 54.9 Å². The number of nitrogens with zero attached hydrogens (tertiary/aromatic N) is 1. The Balaban J connectivity index is 2.26. The van der Waals surface area contributed by atoms with Crippen LogP contribution >= 0.6 is 11.8 Å². The summed E-state index contributed by atoms with van der Waals surface area (Å²) in [5.41, 5.74) is 2.76. The third kappa shape index (κ3) is 3.34. The first-order valence-electron chi connectivity index (χ1n) is 5.85. The minimum atomic E-state index is 0.492. The van der Waals surface area contributed by atoms with Crippen molar-refractivity contribution in [3.8, 4) is 0 Å². The topological polar surface area (TPSA) is 12.9 Å². The molecular weight excluding hydrogens is 226 g/mol. The summed E-state index contributed by atoms with van der Waals surface area (Å²) in [6, 6.07) is 15.0. The molecule has 1 aromatic heterocycles. The Kier molecular flexibility index (Phi) is 4.63. The van der Waals surface area contributed by atoms with Crippen LogP contribution in [0.25, 0.3) is 0 Å². The van der Waals surface area contributed by atoms with Crippen LogP contribution in [0.3, 0.4) is 0 Å². The summed E-state index contributed by atoms with van der Waals surface area (Å²) < 4.78 is 0. The predicted molar refractivity (Wildman–Crippen MR) is 75.5 cm³/mol. The highest BCUT2D eigenvalue weighted by atomic mass is 32.2. The van der Waals surface area contributed by atoms with E-state index in [1.165, 1.54) is 23.3 Å². The maximum Gasteiger partial charge on any atom is 0.0270 e. The Morgan fingerprint density at radius 2 is 1.65 bits per heavy atom. The lowest BCUT2D eigenvalue weighted by atomic mass is 9.90. The smallest absolute Gasteiger partial charge is 0.0270 e. The Bertz CT molecular complexity index is 388. The standard InChI is InChI=1S/C15H17NS/c1-17-12-9-15(13-5-3-2-4-6-13)14-7-10-16-11-8-14/h2-8,10-11,15H,9,12H2,1H3. The molecule has 0 radical (unpaired) electrons. The monoisotopic (exact) mass is 243 g/mol. The van der Waals surface area contributed by atoms with Gasteiger partial charge in [-0.3, -0.25) is 4.98 Å². The Hall–Kier alpha value is -1.28. The van der Waals surface area contributed by atoms with Crippen molar-refractivity contribution in [3.63, 3.8) is 0 Å². The van der Waals surface area contributed by atoms with E-state index in [0.717, 1.165) is 0 Å². The average molecular weight is 243 g/mol. The number of hydrogen-bond donors (Lipinski definition) is 0. The van der Waals surface area contributed by atoms with Gasteiger partial charge in [0, 0.05) is 18.3 Å². The molecule has 0 spiro atoms. The highest BCUT2D eigenvalue weighted by Crippen LogP contribution is 2.28. The van der Waals surface area contributed by atoms with Crippen molar-refractivity contribution in [1.29, 1.82) is 0 Å². The van der Waals surface area contributed by atoms with E-state index in [4.69, 9.17) is 0 Å². The molecule has 0 bridgehead atoms. The van der Waals surface area contributed by atoms with E-state index in [-0.39, 0.29) is 0 Å². The molecule has 0 N–H and O–H groups in total. The molecule has 0 fully saturated rings. The van der Waals surface area contributed by atoms with E-state index in [1.54, 1.807) is 0 Å². The van der Waals surface area contributed by atoms with Crippen LogP contribution in [-0.4, -0.2) is 17.0 Å². The van der Waals surface area contributed by atoms with Crippen molar-refractivity contribution in [3.05, 3.63) is 66.0 Å². The second-order valence-electron chi connectivity index (χ2n) is 4.03. The first-order valence-corrected chi connectivity index (χ1v) is 7.25. The van der Waals surface area contributed by atoms with Gasteiger partial charge >= 0.3 is 0 Å². The van der Waals surface area contributed by atoms with Crippen LogP contribution in [0.5, 0.6) is 0 Å². The van der Waals surface area contributed by atoms with Gasteiger partial charge in [-0.15, -0.1) is 0 Å². The molecular formula is C15H17NS. The molecule has 1 heterocycles. The normalized spacial score (nSPS) is 12.3. The van der Waals surface area contributed by atoms with E-state index in [2.05, 4.69) is 53.7 Å². The predicted octanol–water partition coefficient (Wildman–Crippen LogP) is 3.97. The summed E-state index contributed by atoms with van der Waals surface area (Å²) in [5.74, 6) is 1.67. The number of hydrogen-bond acceptors (Lipinski definition) is 2. The lowest BCUT2D eigenvalue weighted by molar-refractivity contribution is 0.784. The van der Waals surface area contributed by atoms with Crippen molar-refractivity contribution in [2.45, 2.75) is 12.3 Å². The fourth-order valence-corrected chi connectivity index (χ4v) is 2.51. The maximum atomic E-state index is 4.10. The maximum absolute atomic E-state index is 4.10. The van der Waals surface area contributed by atoms with Crippen molar-refractivity contribution in [2.24, 2.45) is 0 Å². The molecule has 0 aliphatic rings. The lowest BCUT2D eigenvalue weighted by Gasteiger charge is -2.17. The zero-order valence-corrected chi connectivity index (χ0v) is 10.9. The molecule has 0 saturated carbocycles. The summed E-state index contributed by atoms with van der Waals surface area (Å²) in [6.07, 6.45) is 7.10. The molecule has 1 atom stereocenters. The number of rotatable bonds is 5. The molecule has 88 valence electrons. The van der Waals surface area contributed by atoms with Gasteiger partial charge in [0.15, 0.2) is 0 Å². The van der Waals surface area contributed by atoms with Crippen LogP contribution in [0.2, 0.25) is 0 Å². The fourth-order valence-electron chi connectivity index (χ4n) is 2.04. The highest BCUT2D eigenvalue weighted by molar-refractivity contribution is 7.98. The molecule has 0 aliphatic carbocycles. The second-order valence-corrected chi connectivity index (χ2v) is 5.01. The highest BCUT2D eigenvalue weighted by Gasteiger charge is 2.12. The molecule has 0 amide bonds. The van der Waals surface area contributed by atoms with Crippen LogP contribution < -0.4 is 0 Å². The van der Waals surface area contributed by atoms with Crippen LogP contribution in [-0.2, 0) is 0 Å². The van der Waals surface area contributed by atoms with E-state index < -0.39 is 0 Å². The van der Waals surface area contributed by atoms with Crippen molar-refractivity contribution in [1.82, 2.24) is 4.98 Å². The molecule has 0 saturated heterocycles. The van der Waals surface area contributed by atoms with Gasteiger partial charge in [-0.25, -0.2) is 0 Å². The summed E-state index contributed by atoms with van der Waals surface area (Å²) in [5, 5.41) is 0. The van der Waals surface area contributed by atoms with Gasteiger partial charge in [0.25, 0.3) is 0 Å². The fraction of sp³-hybridized carbons (Fsp3) is 0.267. The number of benzene rings is 1. The summed E-state index contributed by atoms with van der Waals surface area (Å²) in [4.78, 5) is 4.10. The van der Waals surface area contributed by atoms with Gasteiger partial charge in [0.2, 0.25) is 0 Å². The SMILES string of the molecule is CSCCC(c1ccccc1)c1ccncc1. The zero-order chi connectivity index (χ0) is 11.9. The zero-order valence-electron chi connectivity index (χ0n) is 10.0. The molecule has 2 rings (SSSR count). The molecule has 17 heavy (non-hydrogen) atoms. The van der Waals surface area contributed by atoms with Gasteiger partial charge < -0.3 is 0 Å². The largest absolute Gasteiger partial charge is 0.265 e. The summed E-state index contributed by atoms with van der Waals surface area (Å²) in [7, 11) is 0. The van der Waals surface area contributed by atoms with Gasteiger partial charge in [-0.1, -0.05) is 30.3 Å². The van der Waals surface area contributed by atoms with E-state index in [9.17, 15) is 0 Å². The number of thioether (sulfide) groups is 1. The van der Waals surface area contributed by atoms with E-state index >= 15 is 0 Å². The van der Waals surface area contributed by atoms with Crippen LogP contribution in [0, 0.1) is 0 Å². The second kappa shape index (κ2) is 6.45. The Morgan fingerprint density at radius 3 is 2.29 bits per heavy atom. The molecule has 2 aromatic rings. The van der Waals surface area contributed by atoms with Crippen molar-refractivity contribution >= 4 is 11.8 Å². The molecule has 0 aliphatic heterocycles. The number of pyridine rings is 1. The van der Waals surface area contributed by atoms with E-state index in [1.807, 2.05) is 24.2 Å². The lowest BCUT2D eigenvalue weighted by Crippen LogP contribution is -2.02. The van der Waals surface area contributed by atoms with Crippen molar-refractivity contribution < 1.29 is 0 Å². The summed E-state index contributed by atoms with van der Waals surface area (Å²) >= 11 is 1.90. The first kappa shape index (κ1) is 12.2. The third-order valence-corrected chi connectivity index (χ3v) is 3.57. The van der Waals surface area contributed by atoms with Gasteiger partial charge in [0.1, 0.15) is 0 Å². The Morgan fingerprint density at radius 1 is 1.00 bits per heavy atom. The van der Waals surface area contributed by atoms with Gasteiger partial charge in [-0.05, 0) is 41.7 Å². The van der Waals surface area contributed by atoms with Gasteiger partial charge in [-0.2, -0.15) is 11.8 Å². The molecule has 1 aromatic carbocycles. The van der Waals surface area contributed by atoms with E-state index in [0.29, 0.717) is 5.92 Å².